The molecule has 3 aromatic rings. The highest BCUT2D eigenvalue weighted by molar-refractivity contribution is 7.18. The third-order valence-electron chi connectivity index (χ3n) is 6.12. The first kappa shape index (κ1) is 18.9. The molecule has 152 valence electrons. The van der Waals surface area contributed by atoms with Gasteiger partial charge in [0.25, 0.3) is 0 Å². The summed E-state index contributed by atoms with van der Waals surface area (Å²) in [6.45, 7) is 9.68. The van der Waals surface area contributed by atoms with Crippen molar-refractivity contribution in [2.75, 3.05) is 37.7 Å². The maximum absolute atomic E-state index is 5.50. The van der Waals surface area contributed by atoms with Gasteiger partial charge in [-0.2, -0.15) is 0 Å². The minimum atomic E-state index is 0.331. The Morgan fingerprint density at radius 1 is 1.17 bits per heavy atom. The predicted molar refractivity (Wildman–Crippen MR) is 117 cm³/mol. The number of aryl methyl sites for hydroxylation is 2. The number of anilines is 1. The summed E-state index contributed by atoms with van der Waals surface area (Å²) in [5, 5.41) is 1.23. The van der Waals surface area contributed by atoms with E-state index in [1.807, 2.05) is 18.5 Å². The van der Waals surface area contributed by atoms with E-state index in [0.717, 1.165) is 62.3 Å². The van der Waals surface area contributed by atoms with Crippen LogP contribution in [0.3, 0.4) is 0 Å². The molecule has 0 aromatic carbocycles. The smallest absolute Gasteiger partial charge is 0.146 e. The highest BCUT2D eigenvalue weighted by atomic mass is 32.1. The summed E-state index contributed by atoms with van der Waals surface area (Å²) >= 11 is 1.79. The van der Waals surface area contributed by atoms with E-state index in [-0.39, 0.29) is 0 Å². The zero-order chi connectivity index (χ0) is 19.8. The molecule has 0 N–H and O–H groups in total. The molecule has 0 amide bonds. The van der Waals surface area contributed by atoms with Gasteiger partial charge in [0.2, 0.25) is 0 Å². The average molecular weight is 410 g/mol. The summed E-state index contributed by atoms with van der Waals surface area (Å²) in [5.41, 5.74) is 2.59. The largest absolute Gasteiger partial charge is 0.379 e. The van der Waals surface area contributed by atoms with Crippen LogP contribution < -0.4 is 4.90 Å². The van der Waals surface area contributed by atoms with Crippen LogP contribution in [0.2, 0.25) is 0 Å². The van der Waals surface area contributed by atoms with Crippen molar-refractivity contribution >= 4 is 27.4 Å². The van der Waals surface area contributed by atoms with E-state index in [1.165, 1.54) is 27.8 Å². The molecule has 1 unspecified atom stereocenters. The Hall–Kier alpha value is -2.09. The fourth-order valence-electron chi connectivity index (χ4n) is 4.45. The summed E-state index contributed by atoms with van der Waals surface area (Å²) < 4.78 is 5.50. The van der Waals surface area contributed by atoms with Crippen LogP contribution in [0.1, 0.15) is 40.7 Å². The first-order chi connectivity index (χ1) is 14.2. The highest BCUT2D eigenvalue weighted by Crippen LogP contribution is 2.41. The van der Waals surface area contributed by atoms with E-state index in [4.69, 9.17) is 14.7 Å². The molecular weight excluding hydrogens is 382 g/mol. The molecule has 0 aliphatic carbocycles. The molecule has 7 heteroatoms. The van der Waals surface area contributed by atoms with Crippen molar-refractivity contribution in [3.05, 3.63) is 46.4 Å². The molecule has 1 atom stereocenters. The molecule has 0 saturated carbocycles. The summed E-state index contributed by atoms with van der Waals surface area (Å²) in [7, 11) is 0. The van der Waals surface area contributed by atoms with Crippen LogP contribution in [0, 0.1) is 13.8 Å². The van der Waals surface area contributed by atoms with Gasteiger partial charge >= 0.3 is 0 Å². The van der Waals surface area contributed by atoms with E-state index < -0.39 is 0 Å². The number of aromatic nitrogens is 3. The average Bonchev–Trinajstić information content (AvgIpc) is 3.34. The SMILES string of the molecule is Cc1sc2nc(CN3CCOCC3)nc(N3CCCC3c3cccnc3)c2c1C. The van der Waals surface area contributed by atoms with Crippen LogP contribution in [0.15, 0.2) is 24.5 Å². The van der Waals surface area contributed by atoms with Gasteiger partial charge in [0.15, 0.2) is 0 Å². The second-order valence-electron chi connectivity index (χ2n) is 7.95. The minimum Gasteiger partial charge on any atom is -0.379 e. The normalized spacial score (nSPS) is 20.6. The first-order valence-electron chi connectivity index (χ1n) is 10.4. The number of hydrogen-bond acceptors (Lipinski definition) is 7. The number of pyridine rings is 1. The van der Waals surface area contributed by atoms with Crippen LogP contribution in [0.25, 0.3) is 10.2 Å². The number of rotatable bonds is 4. The van der Waals surface area contributed by atoms with Gasteiger partial charge < -0.3 is 9.64 Å². The van der Waals surface area contributed by atoms with Gasteiger partial charge in [0.1, 0.15) is 16.5 Å². The summed E-state index contributed by atoms with van der Waals surface area (Å²) in [5.74, 6) is 2.03. The van der Waals surface area contributed by atoms with E-state index in [0.29, 0.717) is 6.04 Å². The molecular formula is C22H27N5OS. The maximum Gasteiger partial charge on any atom is 0.146 e. The second-order valence-corrected chi connectivity index (χ2v) is 9.16. The quantitative estimate of drug-likeness (QED) is 0.652. The highest BCUT2D eigenvalue weighted by Gasteiger charge is 2.30. The molecule has 5 heterocycles. The first-order valence-corrected chi connectivity index (χ1v) is 11.3. The maximum atomic E-state index is 5.50. The van der Waals surface area contributed by atoms with Crippen molar-refractivity contribution in [1.82, 2.24) is 19.9 Å². The van der Waals surface area contributed by atoms with Gasteiger partial charge in [-0.05, 0) is 43.9 Å². The van der Waals surface area contributed by atoms with Crippen molar-refractivity contribution < 1.29 is 4.74 Å². The lowest BCUT2D eigenvalue weighted by atomic mass is 10.1. The van der Waals surface area contributed by atoms with E-state index in [1.54, 1.807) is 11.3 Å². The lowest BCUT2D eigenvalue weighted by Gasteiger charge is -2.28. The van der Waals surface area contributed by atoms with Crippen LogP contribution in [-0.4, -0.2) is 52.7 Å². The molecule has 29 heavy (non-hydrogen) atoms. The zero-order valence-corrected chi connectivity index (χ0v) is 17.9. The molecule has 2 aliphatic rings. The van der Waals surface area contributed by atoms with Gasteiger partial charge in [-0.1, -0.05) is 6.07 Å². The van der Waals surface area contributed by atoms with Crippen molar-refractivity contribution in [3.63, 3.8) is 0 Å². The number of fused-ring (bicyclic) bond motifs is 1. The Bertz CT molecular complexity index is 999. The Labute approximate surface area is 175 Å². The molecule has 2 aliphatic heterocycles. The number of hydrogen-bond donors (Lipinski definition) is 0. The fraction of sp³-hybridized carbons (Fsp3) is 0.500. The second kappa shape index (κ2) is 7.97. The number of thiophene rings is 1. The molecule has 0 bridgehead atoms. The summed E-state index contributed by atoms with van der Waals surface area (Å²) in [6.07, 6.45) is 6.16. The van der Waals surface area contributed by atoms with E-state index >= 15 is 0 Å². The third kappa shape index (κ3) is 3.63. The Kier molecular flexibility index (Phi) is 5.20. The molecule has 0 spiro atoms. The Balaban J connectivity index is 1.57. The van der Waals surface area contributed by atoms with Crippen molar-refractivity contribution in [3.8, 4) is 0 Å². The van der Waals surface area contributed by atoms with Gasteiger partial charge in [-0.3, -0.25) is 9.88 Å². The third-order valence-corrected chi connectivity index (χ3v) is 7.22. The van der Waals surface area contributed by atoms with Crippen LogP contribution in [0.4, 0.5) is 5.82 Å². The summed E-state index contributed by atoms with van der Waals surface area (Å²) in [4.78, 5) is 21.8. The monoisotopic (exact) mass is 409 g/mol. The van der Waals surface area contributed by atoms with Crippen LogP contribution >= 0.6 is 11.3 Å². The lowest BCUT2D eigenvalue weighted by molar-refractivity contribution is 0.0331. The minimum absolute atomic E-state index is 0.331. The Morgan fingerprint density at radius 2 is 2.03 bits per heavy atom. The van der Waals surface area contributed by atoms with Crippen molar-refractivity contribution in [1.29, 1.82) is 0 Å². The van der Waals surface area contributed by atoms with Gasteiger partial charge in [0, 0.05) is 36.9 Å². The standard InChI is InChI=1S/C22H27N5OS/c1-15-16(2)29-22-20(15)21(24-19(25-22)14-26-9-11-28-12-10-26)27-8-4-6-18(27)17-5-3-7-23-13-17/h3,5,7,13,18H,4,6,8-12,14H2,1-2H3. The van der Waals surface area contributed by atoms with Crippen LogP contribution in [-0.2, 0) is 11.3 Å². The number of morpholine rings is 1. The van der Waals surface area contributed by atoms with Gasteiger partial charge in [-0.25, -0.2) is 9.97 Å². The van der Waals surface area contributed by atoms with Crippen molar-refractivity contribution in [2.45, 2.75) is 39.3 Å². The van der Waals surface area contributed by atoms with Crippen molar-refractivity contribution in [2.24, 2.45) is 0 Å². The number of nitrogens with zero attached hydrogens (tertiary/aromatic N) is 5. The van der Waals surface area contributed by atoms with Gasteiger partial charge in [0.05, 0.1) is 31.2 Å². The molecule has 5 rings (SSSR count). The molecule has 0 radical (unpaired) electrons. The molecule has 6 nitrogen and oxygen atoms in total. The molecule has 2 fully saturated rings. The fourth-order valence-corrected chi connectivity index (χ4v) is 5.49. The topological polar surface area (TPSA) is 54.4 Å². The molecule has 3 aromatic heterocycles. The lowest BCUT2D eigenvalue weighted by Crippen LogP contribution is -2.36. The predicted octanol–water partition coefficient (Wildman–Crippen LogP) is 3.88. The zero-order valence-electron chi connectivity index (χ0n) is 17.1. The van der Waals surface area contributed by atoms with Gasteiger partial charge in [-0.15, -0.1) is 11.3 Å². The van der Waals surface area contributed by atoms with Crippen LogP contribution in [0.5, 0.6) is 0 Å². The van der Waals surface area contributed by atoms with E-state index in [2.05, 4.69) is 34.7 Å². The van der Waals surface area contributed by atoms with E-state index in [9.17, 15) is 0 Å². The summed E-state index contributed by atoms with van der Waals surface area (Å²) in [6, 6.07) is 4.55. The Morgan fingerprint density at radius 3 is 2.83 bits per heavy atom. The molecule has 2 saturated heterocycles. The number of ether oxygens (including phenoxy) is 1.